The summed E-state index contributed by atoms with van der Waals surface area (Å²) in [7, 11) is 0. The molecule has 1 fully saturated rings. The summed E-state index contributed by atoms with van der Waals surface area (Å²) >= 11 is 0. The van der Waals surface area contributed by atoms with Crippen LogP contribution in [0.5, 0.6) is 0 Å². The molecule has 1 aromatic heterocycles. The molecule has 8 heteroatoms. The second-order valence-corrected chi connectivity index (χ2v) is 4.75. The van der Waals surface area contributed by atoms with E-state index in [9.17, 15) is 18.0 Å². The number of H-pyrrole nitrogens is 1. The van der Waals surface area contributed by atoms with Gasteiger partial charge in [-0.3, -0.25) is 9.89 Å². The molecule has 1 saturated carbocycles. The van der Waals surface area contributed by atoms with E-state index in [1.54, 1.807) is 0 Å². The van der Waals surface area contributed by atoms with E-state index in [-0.39, 0.29) is 25.3 Å². The minimum Gasteiger partial charge on any atom is -0.349 e. The summed E-state index contributed by atoms with van der Waals surface area (Å²) in [6.07, 6.45) is -1.95. The Kier molecular flexibility index (Phi) is 4.06. The van der Waals surface area contributed by atoms with E-state index in [1.165, 1.54) is 6.33 Å². The summed E-state index contributed by atoms with van der Waals surface area (Å²) in [5.74, 6) is -1.78. The van der Waals surface area contributed by atoms with Crippen molar-refractivity contribution in [1.29, 1.82) is 0 Å². The molecule has 0 aliphatic heterocycles. The lowest BCUT2D eigenvalue weighted by Crippen LogP contribution is -2.37. The number of nitrogens with one attached hydrogen (secondary N) is 2. The molecular formula is C11H15F3N4O. The van der Waals surface area contributed by atoms with Gasteiger partial charge in [0.1, 0.15) is 12.2 Å². The number of aromatic amines is 1. The first-order valence-electron chi connectivity index (χ1n) is 6.15. The summed E-state index contributed by atoms with van der Waals surface area (Å²) in [4.78, 5) is 15.7. The maximum absolute atomic E-state index is 12.6. The lowest BCUT2D eigenvalue weighted by molar-refractivity contribution is -0.186. The second-order valence-electron chi connectivity index (χ2n) is 4.75. The third kappa shape index (κ3) is 3.68. The Labute approximate surface area is 108 Å². The van der Waals surface area contributed by atoms with E-state index in [0.717, 1.165) is 0 Å². The molecule has 2 atom stereocenters. The van der Waals surface area contributed by atoms with Gasteiger partial charge < -0.3 is 5.32 Å². The Bertz CT molecular complexity index is 418. The van der Waals surface area contributed by atoms with Crippen LogP contribution in [-0.4, -0.2) is 27.3 Å². The van der Waals surface area contributed by atoms with Crippen LogP contribution < -0.4 is 5.32 Å². The molecule has 2 rings (SSSR count). The number of nitrogens with zero attached hydrogens (tertiary/aromatic N) is 2. The van der Waals surface area contributed by atoms with Crippen LogP contribution in [0.3, 0.4) is 0 Å². The van der Waals surface area contributed by atoms with Gasteiger partial charge in [0.15, 0.2) is 0 Å². The number of alkyl halides is 3. The first kappa shape index (κ1) is 13.8. The molecule has 1 heterocycles. The van der Waals surface area contributed by atoms with Crippen LogP contribution in [-0.2, 0) is 11.3 Å². The molecular weight excluding hydrogens is 261 g/mol. The van der Waals surface area contributed by atoms with Gasteiger partial charge in [-0.05, 0) is 19.3 Å². The van der Waals surface area contributed by atoms with Gasteiger partial charge in [0.05, 0.1) is 12.5 Å². The van der Waals surface area contributed by atoms with Crippen molar-refractivity contribution >= 4 is 5.91 Å². The molecule has 1 aliphatic rings. The van der Waals surface area contributed by atoms with E-state index in [4.69, 9.17) is 0 Å². The van der Waals surface area contributed by atoms with Crippen molar-refractivity contribution in [2.24, 2.45) is 11.8 Å². The molecule has 106 valence electrons. The lowest BCUT2D eigenvalue weighted by atomic mass is 9.80. The van der Waals surface area contributed by atoms with E-state index in [2.05, 4.69) is 20.5 Å². The first-order chi connectivity index (χ1) is 8.97. The van der Waals surface area contributed by atoms with Crippen molar-refractivity contribution in [2.45, 2.75) is 38.4 Å². The number of carbonyl (C=O) groups excluding carboxylic acids is 1. The Morgan fingerprint density at radius 1 is 1.47 bits per heavy atom. The molecule has 0 aromatic carbocycles. The topological polar surface area (TPSA) is 70.7 Å². The molecule has 0 spiro atoms. The SMILES string of the molecule is O=C(NCc1ncn[nH]1)C1CCCC(C(F)(F)F)C1. The van der Waals surface area contributed by atoms with Gasteiger partial charge in [0.25, 0.3) is 0 Å². The van der Waals surface area contributed by atoms with Crippen molar-refractivity contribution < 1.29 is 18.0 Å². The number of hydrogen-bond donors (Lipinski definition) is 2. The highest BCUT2D eigenvalue weighted by molar-refractivity contribution is 5.78. The number of rotatable bonds is 3. The predicted octanol–water partition coefficient (Wildman–Crippen LogP) is 1.79. The number of hydrogen-bond acceptors (Lipinski definition) is 3. The van der Waals surface area contributed by atoms with E-state index < -0.39 is 18.0 Å². The van der Waals surface area contributed by atoms with E-state index >= 15 is 0 Å². The predicted molar refractivity (Wildman–Crippen MR) is 59.7 cm³/mol. The van der Waals surface area contributed by atoms with Crippen LogP contribution in [0.4, 0.5) is 13.2 Å². The molecule has 0 radical (unpaired) electrons. The van der Waals surface area contributed by atoms with Crippen LogP contribution in [0.15, 0.2) is 6.33 Å². The molecule has 5 nitrogen and oxygen atoms in total. The standard InChI is InChI=1S/C11H15F3N4O/c12-11(13,14)8-3-1-2-7(4-8)10(19)15-5-9-16-6-17-18-9/h6-8H,1-5H2,(H,15,19)(H,16,17,18). The average molecular weight is 276 g/mol. The van der Waals surface area contributed by atoms with Crippen molar-refractivity contribution in [3.05, 3.63) is 12.2 Å². The molecule has 2 N–H and O–H groups in total. The fraction of sp³-hybridized carbons (Fsp3) is 0.727. The Hall–Kier alpha value is -1.60. The lowest BCUT2D eigenvalue weighted by Gasteiger charge is -2.29. The number of carbonyl (C=O) groups is 1. The summed E-state index contributed by atoms with van der Waals surface area (Å²) in [6.45, 7) is 0.159. The highest BCUT2D eigenvalue weighted by Gasteiger charge is 2.43. The summed E-state index contributed by atoms with van der Waals surface area (Å²) in [5, 5.41) is 8.78. The Balaban J connectivity index is 1.85. The van der Waals surface area contributed by atoms with Crippen molar-refractivity contribution in [3.8, 4) is 0 Å². The van der Waals surface area contributed by atoms with Crippen molar-refractivity contribution in [3.63, 3.8) is 0 Å². The summed E-state index contributed by atoms with van der Waals surface area (Å²) < 4.78 is 37.9. The number of halogens is 3. The molecule has 1 aliphatic carbocycles. The van der Waals surface area contributed by atoms with Crippen LogP contribution >= 0.6 is 0 Å². The van der Waals surface area contributed by atoms with Crippen LogP contribution in [0.2, 0.25) is 0 Å². The second kappa shape index (κ2) is 5.58. The minimum absolute atomic E-state index is 0.119. The van der Waals surface area contributed by atoms with Gasteiger partial charge in [-0.15, -0.1) is 0 Å². The largest absolute Gasteiger partial charge is 0.391 e. The monoisotopic (exact) mass is 276 g/mol. The van der Waals surface area contributed by atoms with Crippen molar-refractivity contribution in [2.75, 3.05) is 0 Å². The smallest absolute Gasteiger partial charge is 0.349 e. The van der Waals surface area contributed by atoms with Gasteiger partial charge in [-0.1, -0.05) is 6.42 Å². The van der Waals surface area contributed by atoms with Gasteiger partial charge >= 0.3 is 6.18 Å². The molecule has 1 amide bonds. The molecule has 0 saturated heterocycles. The van der Waals surface area contributed by atoms with Gasteiger partial charge in [-0.25, -0.2) is 4.98 Å². The normalized spacial score (nSPS) is 24.2. The van der Waals surface area contributed by atoms with E-state index in [0.29, 0.717) is 18.7 Å². The third-order valence-electron chi connectivity index (χ3n) is 3.40. The minimum atomic E-state index is -4.20. The van der Waals surface area contributed by atoms with Crippen LogP contribution in [0.25, 0.3) is 0 Å². The van der Waals surface area contributed by atoms with E-state index in [1.807, 2.05) is 0 Å². The molecule has 0 bridgehead atoms. The van der Waals surface area contributed by atoms with Crippen LogP contribution in [0.1, 0.15) is 31.5 Å². The zero-order chi connectivity index (χ0) is 13.9. The van der Waals surface area contributed by atoms with Crippen LogP contribution in [0, 0.1) is 11.8 Å². The van der Waals surface area contributed by atoms with Gasteiger partial charge in [0, 0.05) is 5.92 Å². The highest BCUT2D eigenvalue weighted by Crippen LogP contribution is 2.39. The molecule has 1 aromatic rings. The zero-order valence-corrected chi connectivity index (χ0v) is 10.2. The highest BCUT2D eigenvalue weighted by atomic mass is 19.4. The average Bonchev–Trinajstić information content (AvgIpc) is 2.88. The summed E-state index contributed by atoms with van der Waals surface area (Å²) in [6, 6.07) is 0. The quantitative estimate of drug-likeness (QED) is 0.884. The maximum Gasteiger partial charge on any atom is 0.391 e. The summed E-state index contributed by atoms with van der Waals surface area (Å²) in [5.41, 5.74) is 0. The van der Waals surface area contributed by atoms with Gasteiger partial charge in [0.2, 0.25) is 5.91 Å². The maximum atomic E-state index is 12.6. The van der Waals surface area contributed by atoms with Crippen molar-refractivity contribution in [1.82, 2.24) is 20.5 Å². The Morgan fingerprint density at radius 3 is 2.89 bits per heavy atom. The van der Waals surface area contributed by atoms with Gasteiger partial charge in [-0.2, -0.15) is 18.3 Å². The Morgan fingerprint density at radius 2 is 2.26 bits per heavy atom. The molecule has 2 unspecified atom stereocenters. The third-order valence-corrected chi connectivity index (χ3v) is 3.40. The fourth-order valence-electron chi connectivity index (χ4n) is 2.36. The first-order valence-corrected chi connectivity index (χ1v) is 6.15. The number of aromatic nitrogens is 3. The number of amides is 1. The zero-order valence-electron chi connectivity index (χ0n) is 10.2. The fourth-order valence-corrected chi connectivity index (χ4v) is 2.36. The molecule has 19 heavy (non-hydrogen) atoms.